The molecular formula is C10H8N2O5. The fraction of sp³-hybridized carbons (Fsp3) is 0.200. The topological polar surface area (TPSA) is 95.5 Å². The summed E-state index contributed by atoms with van der Waals surface area (Å²) in [5, 5.41) is 14.5. The van der Waals surface area contributed by atoms with E-state index in [1.54, 1.807) is 6.92 Å². The molecule has 7 heteroatoms. The molecule has 17 heavy (non-hydrogen) atoms. The van der Waals surface area contributed by atoms with Gasteiger partial charge in [-0.05, 0) is 13.0 Å². The Balaban J connectivity index is 2.58. The Morgan fingerprint density at radius 3 is 3.00 bits per heavy atom. The summed E-state index contributed by atoms with van der Waals surface area (Å²) in [7, 11) is 0. The van der Waals surface area contributed by atoms with Crippen LogP contribution in [-0.2, 0) is 4.74 Å². The third-order valence-electron chi connectivity index (χ3n) is 2.14. The van der Waals surface area contributed by atoms with Gasteiger partial charge >= 0.3 is 11.7 Å². The minimum absolute atomic E-state index is 0.0273. The summed E-state index contributed by atoms with van der Waals surface area (Å²) >= 11 is 0. The highest BCUT2D eigenvalue weighted by Gasteiger charge is 2.23. The molecule has 0 spiro atoms. The lowest BCUT2D eigenvalue weighted by atomic mass is 10.2. The van der Waals surface area contributed by atoms with E-state index in [-0.39, 0.29) is 29.0 Å². The molecule has 2 rings (SSSR count). The zero-order chi connectivity index (χ0) is 12.4. The van der Waals surface area contributed by atoms with Crippen LogP contribution < -0.4 is 0 Å². The quantitative estimate of drug-likeness (QED) is 0.458. The van der Waals surface area contributed by atoms with E-state index in [2.05, 4.69) is 5.16 Å². The van der Waals surface area contributed by atoms with Crippen molar-refractivity contribution in [2.45, 2.75) is 6.92 Å². The molecular weight excluding hydrogens is 228 g/mol. The van der Waals surface area contributed by atoms with Crippen LogP contribution in [0, 0.1) is 10.1 Å². The molecule has 0 saturated heterocycles. The molecule has 0 N–H and O–H groups in total. The van der Waals surface area contributed by atoms with Crippen molar-refractivity contribution >= 4 is 22.6 Å². The third kappa shape index (κ3) is 1.82. The summed E-state index contributed by atoms with van der Waals surface area (Å²) in [5.41, 5.74) is -0.309. The maximum Gasteiger partial charge on any atom is 0.361 e. The van der Waals surface area contributed by atoms with E-state index in [1.165, 1.54) is 18.2 Å². The molecule has 0 bridgehead atoms. The van der Waals surface area contributed by atoms with E-state index < -0.39 is 10.9 Å². The predicted molar refractivity (Wildman–Crippen MR) is 56.6 cm³/mol. The number of para-hydroxylation sites is 1. The second-order valence-corrected chi connectivity index (χ2v) is 3.16. The molecule has 7 nitrogen and oxygen atoms in total. The van der Waals surface area contributed by atoms with Crippen molar-refractivity contribution in [3.63, 3.8) is 0 Å². The van der Waals surface area contributed by atoms with Crippen molar-refractivity contribution < 1.29 is 19.0 Å². The third-order valence-corrected chi connectivity index (χ3v) is 2.14. The van der Waals surface area contributed by atoms with Crippen molar-refractivity contribution in [2.24, 2.45) is 0 Å². The van der Waals surface area contributed by atoms with Gasteiger partial charge in [-0.1, -0.05) is 11.2 Å². The molecule has 0 aliphatic heterocycles. The van der Waals surface area contributed by atoms with Crippen LogP contribution in [0.1, 0.15) is 17.4 Å². The van der Waals surface area contributed by atoms with Gasteiger partial charge in [-0.3, -0.25) is 10.1 Å². The van der Waals surface area contributed by atoms with E-state index in [4.69, 9.17) is 9.26 Å². The van der Waals surface area contributed by atoms with Gasteiger partial charge in [-0.2, -0.15) is 0 Å². The van der Waals surface area contributed by atoms with E-state index in [0.29, 0.717) is 0 Å². The molecule has 0 saturated carbocycles. The highest BCUT2D eigenvalue weighted by atomic mass is 16.6. The number of hydrogen-bond acceptors (Lipinski definition) is 6. The fourth-order valence-electron chi connectivity index (χ4n) is 1.44. The first kappa shape index (κ1) is 11.1. The summed E-state index contributed by atoms with van der Waals surface area (Å²) in [6, 6.07) is 4.26. The minimum atomic E-state index is -0.660. The van der Waals surface area contributed by atoms with Crippen LogP contribution in [0.4, 0.5) is 5.69 Å². The zero-order valence-electron chi connectivity index (χ0n) is 8.87. The molecule has 1 heterocycles. The first-order chi connectivity index (χ1) is 8.15. The maximum absolute atomic E-state index is 11.5. The lowest BCUT2D eigenvalue weighted by molar-refractivity contribution is -0.383. The minimum Gasteiger partial charge on any atom is -0.461 e. The number of benzene rings is 1. The summed E-state index contributed by atoms with van der Waals surface area (Å²) < 4.78 is 9.58. The van der Waals surface area contributed by atoms with Gasteiger partial charge in [-0.15, -0.1) is 0 Å². The largest absolute Gasteiger partial charge is 0.461 e. The SMILES string of the molecule is CCOC(=O)c1noc2c([N+](=O)[O-])cccc12. The fourth-order valence-corrected chi connectivity index (χ4v) is 1.44. The van der Waals surface area contributed by atoms with Crippen molar-refractivity contribution in [3.05, 3.63) is 34.0 Å². The smallest absolute Gasteiger partial charge is 0.361 e. The van der Waals surface area contributed by atoms with Crippen LogP contribution in [0.25, 0.3) is 11.0 Å². The monoisotopic (exact) mass is 236 g/mol. The Morgan fingerprint density at radius 2 is 2.35 bits per heavy atom. The lowest BCUT2D eigenvalue weighted by Crippen LogP contribution is -2.05. The summed E-state index contributed by atoms with van der Waals surface area (Å²) in [6.07, 6.45) is 0. The Hall–Kier alpha value is -2.44. The number of nitrogens with zero attached hydrogens (tertiary/aromatic N) is 2. The van der Waals surface area contributed by atoms with Gasteiger partial charge in [0.25, 0.3) is 0 Å². The average molecular weight is 236 g/mol. The molecule has 0 aliphatic rings. The number of esters is 1. The van der Waals surface area contributed by atoms with Crippen LogP contribution in [0.15, 0.2) is 22.7 Å². The van der Waals surface area contributed by atoms with E-state index in [9.17, 15) is 14.9 Å². The van der Waals surface area contributed by atoms with Crippen LogP contribution in [0.3, 0.4) is 0 Å². The molecule has 2 aromatic rings. The van der Waals surface area contributed by atoms with Crippen LogP contribution in [0.2, 0.25) is 0 Å². The Morgan fingerprint density at radius 1 is 1.59 bits per heavy atom. The van der Waals surface area contributed by atoms with Crippen molar-refractivity contribution in [3.8, 4) is 0 Å². The Labute approximate surface area is 95.1 Å². The number of fused-ring (bicyclic) bond motifs is 1. The Bertz CT molecular complexity index is 589. The number of nitro groups is 1. The van der Waals surface area contributed by atoms with Crippen LogP contribution >= 0.6 is 0 Å². The first-order valence-corrected chi connectivity index (χ1v) is 4.85. The summed E-state index contributed by atoms with van der Waals surface area (Å²) in [5.74, 6) is -0.660. The summed E-state index contributed by atoms with van der Waals surface area (Å²) in [4.78, 5) is 21.6. The highest BCUT2D eigenvalue weighted by molar-refractivity contribution is 6.03. The van der Waals surface area contributed by atoms with Gasteiger partial charge < -0.3 is 9.26 Å². The van der Waals surface area contributed by atoms with E-state index >= 15 is 0 Å². The second kappa shape index (κ2) is 4.20. The molecule has 1 aromatic heterocycles. The van der Waals surface area contributed by atoms with Crippen LogP contribution in [-0.4, -0.2) is 22.7 Å². The molecule has 88 valence electrons. The number of aromatic nitrogens is 1. The first-order valence-electron chi connectivity index (χ1n) is 4.85. The molecule has 0 unspecified atom stereocenters. The van der Waals surface area contributed by atoms with Gasteiger partial charge in [0.2, 0.25) is 5.58 Å². The van der Waals surface area contributed by atoms with Gasteiger partial charge in [0.1, 0.15) is 0 Å². The normalized spacial score (nSPS) is 10.4. The van der Waals surface area contributed by atoms with Crippen LogP contribution in [0.5, 0.6) is 0 Å². The second-order valence-electron chi connectivity index (χ2n) is 3.16. The van der Waals surface area contributed by atoms with Gasteiger partial charge in [0.15, 0.2) is 5.69 Å². The van der Waals surface area contributed by atoms with Crippen molar-refractivity contribution in [1.82, 2.24) is 5.16 Å². The van der Waals surface area contributed by atoms with E-state index in [1.807, 2.05) is 0 Å². The Kier molecular flexibility index (Phi) is 2.73. The van der Waals surface area contributed by atoms with E-state index in [0.717, 1.165) is 0 Å². The van der Waals surface area contributed by atoms with Crippen molar-refractivity contribution in [2.75, 3.05) is 6.61 Å². The number of carbonyl (C=O) groups excluding carboxylic acids is 1. The molecule has 0 atom stereocenters. The number of non-ortho nitro benzene ring substituents is 1. The van der Waals surface area contributed by atoms with Gasteiger partial charge in [0, 0.05) is 6.07 Å². The molecule has 1 aromatic carbocycles. The molecule has 0 aliphatic carbocycles. The standard InChI is InChI=1S/C10H8N2O5/c1-2-16-10(13)8-6-4-3-5-7(12(14)15)9(6)17-11-8/h3-5H,2H2,1H3. The predicted octanol–water partition coefficient (Wildman–Crippen LogP) is 1.91. The van der Waals surface area contributed by atoms with Gasteiger partial charge in [0.05, 0.1) is 16.9 Å². The number of carbonyl (C=O) groups is 1. The number of nitro benzene ring substituents is 1. The summed E-state index contributed by atoms with van der Waals surface area (Å²) in [6.45, 7) is 1.85. The molecule has 0 fully saturated rings. The maximum atomic E-state index is 11.5. The number of rotatable bonds is 3. The zero-order valence-corrected chi connectivity index (χ0v) is 8.87. The highest BCUT2D eigenvalue weighted by Crippen LogP contribution is 2.27. The number of ether oxygens (including phenoxy) is 1. The molecule has 0 radical (unpaired) electrons. The van der Waals surface area contributed by atoms with Crippen molar-refractivity contribution in [1.29, 1.82) is 0 Å². The molecule has 0 amide bonds. The average Bonchev–Trinajstić information content (AvgIpc) is 2.72. The lowest BCUT2D eigenvalue weighted by Gasteiger charge is -1.96. The van der Waals surface area contributed by atoms with Gasteiger partial charge in [-0.25, -0.2) is 4.79 Å². The number of hydrogen-bond donors (Lipinski definition) is 0.